The third-order valence-electron chi connectivity index (χ3n) is 4.01. The molecule has 1 rings (SSSR count). The SMILES string of the molecule is CCNC(=NCCCN(C)S(=O)(=O)CC)N(C)Cc1ccc(OC)cc1. The van der Waals surface area contributed by atoms with Crippen LogP contribution in [-0.2, 0) is 16.6 Å². The summed E-state index contributed by atoms with van der Waals surface area (Å²) < 4.78 is 30.1. The minimum Gasteiger partial charge on any atom is -0.497 e. The Morgan fingerprint density at radius 2 is 1.85 bits per heavy atom. The number of hydrogen-bond acceptors (Lipinski definition) is 4. The molecule has 0 bridgehead atoms. The van der Waals surface area contributed by atoms with Crippen LogP contribution in [0.15, 0.2) is 29.3 Å². The Morgan fingerprint density at radius 3 is 2.38 bits per heavy atom. The van der Waals surface area contributed by atoms with Gasteiger partial charge in [0.25, 0.3) is 0 Å². The number of hydrogen-bond donors (Lipinski definition) is 1. The van der Waals surface area contributed by atoms with Crippen LogP contribution in [0.2, 0.25) is 0 Å². The summed E-state index contributed by atoms with van der Waals surface area (Å²) >= 11 is 0. The number of rotatable bonds is 10. The number of methoxy groups -OCH3 is 1. The summed E-state index contributed by atoms with van der Waals surface area (Å²) in [6, 6.07) is 7.95. The van der Waals surface area contributed by atoms with Gasteiger partial charge in [0.1, 0.15) is 5.75 Å². The number of ether oxygens (including phenoxy) is 1. The normalized spacial score (nSPS) is 12.3. The van der Waals surface area contributed by atoms with Gasteiger partial charge in [-0.25, -0.2) is 12.7 Å². The van der Waals surface area contributed by atoms with Crippen LogP contribution in [0.1, 0.15) is 25.8 Å². The number of aliphatic imine (C=N–C) groups is 1. The van der Waals surface area contributed by atoms with Crippen molar-refractivity contribution in [3.63, 3.8) is 0 Å². The second-order valence-corrected chi connectivity index (χ2v) is 8.38. The Morgan fingerprint density at radius 1 is 1.19 bits per heavy atom. The third kappa shape index (κ3) is 7.21. The van der Waals surface area contributed by atoms with E-state index in [1.807, 2.05) is 38.2 Å². The van der Waals surface area contributed by atoms with Crippen molar-refractivity contribution in [2.45, 2.75) is 26.8 Å². The first-order chi connectivity index (χ1) is 12.3. The Balaban J connectivity index is 2.60. The van der Waals surface area contributed by atoms with Gasteiger partial charge in [-0.1, -0.05) is 12.1 Å². The summed E-state index contributed by atoms with van der Waals surface area (Å²) in [5, 5.41) is 3.27. The molecular formula is C18H32N4O3S. The van der Waals surface area contributed by atoms with Crippen molar-refractivity contribution in [3.05, 3.63) is 29.8 Å². The van der Waals surface area contributed by atoms with Crippen molar-refractivity contribution in [1.82, 2.24) is 14.5 Å². The highest BCUT2D eigenvalue weighted by molar-refractivity contribution is 7.89. The molecule has 8 heteroatoms. The Bertz CT molecular complexity index is 660. The van der Waals surface area contributed by atoms with E-state index >= 15 is 0 Å². The van der Waals surface area contributed by atoms with Crippen LogP contribution in [0.5, 0.6) is 5.75 Å². The average Bonchev–Trinajstić information content (AvgIpc) is 2.64. The highest BCUT2D eigenvalue weighted by atomic mass is 32.2. The quantitative estimate of drug-likeness (QED) is 0.378. The third-order valence-corrected chi connectivity index (χ3v) is 5.87. The maximum Gasteiger partial charge on any atom is 0.213 e. The molecule has 0 fully saturated rings. The Kier molecular flexibility index (Phi) is 9.43. The van der Waals surface area contributed by atoms with Crippen molar-refractivity contribution < 1.29 is 13.2 Å². The van der Waals surface area contributed by atoms with Gasteiger partial charge in [0.05, 0.1) is 12.9 Å². The van der Waals surface area contributed by atoms with Crippen molar-refractivity contribution in [2.75, 3.05) is 46.6 Å². The fourth-order valence-electron chi connectivity index (χ4n) is 2.39. The average molecular weight is 385 g/mol. The molecular weight excluding hydrogens is 352 g/mol. The summed E-state index contributed by atoms with van der Waals surface area (Å²) in [5.74, 6) is 1.77. The fraction of sp³-hybridized carbons (Fsp3) is 0.611. The largest absolute Gasteiger partial charge is 0.497 e. The Labute approximate surface area is 158 Å². The van der Waals surface area contributed by atoms with E-state index in [0.717, 1.165) is 30.4 Å². The molecule has 0 saturated carbocycles. The number of nitrogens with zero attached hydrogens (tertiary/aromatic N) is 3. The second kappa shape index (κ2) is 11.0. The molecule has 0 aliphatic carbocycles. The molecule has 26 heavy (non-hydrogen) atoms. The first-order valence-electron chi connectivity index (χ1n) is 8.90. The van der Waals surface area contributed by atoms with Crippen LogP contribution in [0.25, 0.3) is 0 Å². The monoisotopic (exact) mass is 384 g/mol. The van der Waals surface area contributed by atoms with Crippen LogP contribution < -0.4 is 10.1 Å². The zero-order valence-electron chi connectivity index (χ0n) is 16.5. The molecule has 0 atom stereocenters. The van der Waals surface area contributed by atoms with Gasteiger partial charge in [0.15, 0.2) is 5.96 Å². The number of guanidine groups is 1. The van der Waals surface area contributed by atoms with Crippen LogP contribution >= 0.6 is 0 Å². The fourth-order valence-corrected chi connectivity index (χ4v) is 3.24. The molecule has 1 aromatic rings. The van der Waals surface area contributed by atoms with E-state index in [-0.39, 0.29) is 5.75 Å². The lowest BCUT2D eigenvalue weighted by atomic mass is 10.2. The van der Waals surface area contributed by atoms with E-state index in [1.165, 1.54) is 4.31 Å². The van der Waals surface area contributed by atoms with Crippen LogP contribution in [0, 0.1) is 0 Å². The van der Waals surface area contributed by atoms with Crippen molar-refractivity contribution in [1.29, 1.82) is 0 Å². The molecule has 148 valence electrons. The minimum atomic E-state index is -3.12. The van der Waals surface area contributed by atoms with Gasteiger partial charge in [-0.2, -0.15) is 0 Å². The first-order valence-corrected chi connectivity index (χ1v) is 10.5. The predicted molar refractivity (Wildman–Crippen MR) is 107 cm³/mol. The molecule has 1 aromatic carbocycles. The van der Waals surface area contributed by atoms with Crippen LogP contribution in [0.3, 0.4) is 0 Å². The smallest absolute Gasteiger partial charge is 0.213 e. The van der Waals surface area contributed by atoms with Gasteiger partial charge in [-0.05, 0) is 38.0 Å². The lowest BCUT2D eigenvalue weighted by Crippen LogP contribution is -2.38. The van der Waals surface area contributed by atoms with E-state index < -0.39 is 10.0 Å². The molecule has 0 amide bonds. The van der Waals surface area contributed by atoms with E-state index in [1.54, 1.807) is 21.1 Å². The van der Waals surface area contributed by atoms with Crippen molar-refractivity contribution in [2.24, 2.45) is 4.99 Å². The molecule has 0 aliphatic rings. The van der Waals surface area contributed by atoms with Gasteiger partial charge >= 0.3 is 0 Å². The predicted octanol–water partition coefficient (Wildman–Crippen LogP) is 1.76. The molecule has 0 spiro atoms. The highest BCUT2D eigenvalue weighted by Gasteiger charge is 2.14. The van der Waals surface area contributed by atoms with Crippen LogP contribution in [0.4, 0.5) is 0 Å². The number of nitrogens with one attached hydrogen (secondary N) is 1. The maximum absolute atomic E-state index is 11.7. The molecule has 7 nitrogen and oxygen atoms in total. The number of sulfonamides is 1. The van der Waals surface area contributed by atoms with E-state index in [2.05, 4.69) is 15.2 Å². The zero-order chi connectivity index (χ0) is 19.6. The maximum atomic E-state index is 11.7. The molecule has 0 aliphatic heterocycles. The van der Waals surface area contributed by atoms with Crippen molar-refractivity contribution >= 4 is 16.0 Å². The van der Waals surface area contributed by atoms with Gasteiger partial charge in [-0.15, -0.1) is 0 Å². The zero-order valence-corrected chi connectivity index (χ0v) is 17.3. The molecule has 1 N–H and O–H groups in total. The lowest BCUT2D eigenvalue weighted by molar-refractivity contribution is 0.414. The van der Waals surface area contributed by atoms with E-state index in [9.17, 15) is 8.42 Å². The minimum absolute atomic E-state index is 0.125. The van der Waals surface area contributed by atoms with Gasteiger partial charge < -0.3 is 15.0 Å². The summed E-state index contributed by atoms with van der Waals surface area (Å²) in [4.78, 5) is 6.66. The Hall–Kier alpha value is -1.80. The summed E-state index contributed by atoms with van der Waals surface area (Å²) in [7, 11) is 2.13. The first kappa shape index (κ1) is 22.2. The lowest BCUT2D eigenvalue weighted by Gasteiger charge is -2.22. The van der Waals surface area contributed by atoms with Crippen molar-refractivity contribution in [3.8, 4) is 5.75 Å². The summed E-state index contributed by atoms with van der Waals surface area (Å²) in [6.45, 7) is 6.22. The van der Waals surface area contributed by atoms with Gasteiger partial charge in [0.2, 0.25) is 10.0 Å². The highest BCUT2D eigenvalue weighted by Crippen LogP contribution is 2.12. The molecule has 0 radical (unpaired) electrons. The van der Waals surface area contributed by atoms with E-state index in [4.69, 9.17) is 4.74 Å². The van der Waals surface area contributed by atoms with Gasteiger partial charge in [0, 0.05) is 40.3 Å². The molecule has 0 heterocycles. The second-order valence-electron chi connectivity index (χ2n) is 6.02. The topological polar surface area (TPSA) is 74.2 Å². The van der Waals surface area contributed by atoms with E-state index in [0.29, 0.717) is 19.5 Å². The van der Waals surface area contributed by atoms with Crippen LogP contribution in [-0.4, -0.2) is 70.2 Å². The van der Waals surface area contributed by atoms with Gasteiger partial charge in [-0.3, -0.25) is 4.99 Å². The summed E-state index contributed by atoms with van der Waals surface area (Å²) in [5.41, 5.74) is 1.16. The molecule has 0 aromatic heterocycles. The molecule has 0 unspecified atom stereocenters. The molecule has 0 saturated heterocycles. The summed E-state index contributed by atoms with van der Waals surface area (Å²) in [6.07, 6.45) is 0.682. The number of benzene rings is 1. The standard InChI is InChI=1S/C18H32N4O3S/c1-6-19-18(20-13-8-14-22(4)26(23,24)7-2)21(3)15-16-9-11-17(25-5)12-10-16/h9-12H,6-8,13-15H2,1-5H3,(H,19,20).